The molecule has 2 amide bonds. The van der Waals surface area contributed by atoms with E-state index in [9.17, 15) is 13.8 Å². The lowest BCUT2D eigenvalue weighted by molar-refractivity contribution is -0.144. The molecule has 0 aromatic rings. The Balaban J connectivity index is 2.48. The number of urea groups is 1. The highest BCUT2D eigenvalue weighted by atomic mass is 32.2. The first kappa shape index (κ1) is 14.9. The monoisotopic (exact) mass is 278 g/mol. The number of aliphatic carboxylic acids is 1. The molecular formula is C10H18N2O5S. The summed E-state index contributed by atoms with van der Waals surface area (Å²) in [5.41, 5.74) is -1.35. The van der Waals surface area contributed by atoms with Gasteiger partial charge in [0.1, 0.15) is 0 Å². The normalized spacial score (nSPS) is 26.3. The molecule has 1 fully saturated rings. The van der Waals surface area contributed by atoms with Gasteiger partial charge in [-0.1, -0.05) is 0 Å². The van der Waals surface area contributed by atoms with Gasteiger partial charge in [0.05, 0.1) is 6.61 Å². The number of carbonyl (C=O) groups is 2. The third-order valence-corrected chi connectivity index (χ3v) is 4.20. The maximum atomic E-state index is 11.6. The average molecular weight is 278 g/mol. The molecule has 1 saturated heterocycles. The van der Waals surface area contributed by atoms with Gasteiger partial charge in [0.25, 0.3) is 0 Å². The lowest BCUT2D eigenvalue weighted by Gasteiger charge is -2.24. The molecule has 1 aliphatic heterocycles. The van der Waals surface area contributed by atoms with Gasteiger partial charge in [0.2, 0.25) is 0 Å². The molecule has 1 heterocycles. The second-order valence-electron chi connectivity index (χ2n) is 4.33. The van der Waals surface area contributed by atoms with E-state index < -0.39 is 28.3 Å². The summed E-state index contributed by atoms with van der Waals surface area (Å²) in [6, 6.07) is -0.583. The van der Waals surface area contributed by atoms with Gasteiger partial charge >= 0.3 is 12.0 Å². The van der Waals surface area contributed by atoms with Crippen LogP contribution in [0.3, 0.4) is 0 Å². The molecule has 1 rings (SSSR count). The molecule has 8 heteroatoms. The van der Waals surface area contributed by atoms with Crippen LogP contribution in [-0.2, 0) is 20.3 Å². The molecule has 0 aromatic heterocycles. The quantitative estimate of drug-likeness (QED) is 0.616. The van der Waals surface area contributed by atoms with Crippen LogP contribution in [-0.4, -0.2) is 58.1 Å². The number of carbonyl (C=O) groups excluding carboxylic acids is 1. The van der Waals surface area contributed by atoms with Gasteiger partial charge in [-0.25, -0.2) is 9.59 Å². The minimum Gasteiger partial charge on any atom is -0.479 e. The first-order valence-corrected chi connectivity index (χ1v) is 7.19. The summed E-state index contributed by atoms with van der Waals surface area (Å²) in [6.45, 7) is 2.24. The number of ether oxygens (including phenoxy) is 1. The largest absolute Gasteiger partial charge is 0.479 e. The number of hydrogen-bond donors (Lipinski definition) is 3. The summed E-state index contributed by atoms with van der Waals surface area (Å²) in [7, 11) is -1.03. The number of hydrogen-bond acceptors (Lipinski definition) is 4. The minimum atomic E-state index is -1.35. The fraction of sp³-hybridized carbons (Fsp3) is 0.800. The maximum absolute atomic E-state index is 11.6. The van der Waals surface area contributed by atoms with Crippen molar-refractivity contribution in [3.8, 4) is 0 Å². The van der Waals surface area contributed by atoms with Crippen molar-refractivity contribution in [3.63, 3.8) is 0 Å². The van der Waals surface area contributed by atoms with E-state index in [1.807, 2.05) is 0 Å². The summed E-state index contributed by atoms with van der Waals surface area (Å²) < 4.78 is 16.1. The van der Waals surface area contributed by atoms with Crippen molar-refractivity contribution in [2.24, 2.45) is 0 Å². The van der Waals surface area contributed by atoms with Crippen molar-refractivity contribution < 1.29 is 23.6 Å². The Morgan fingerprint density at radius 3 is 2.67 bits per heavy atom. The molecule has 3 N–H and O–H groups in total. The summed E-state index contributed by atoms with van der Waals surface area (Å²) in [4.78, 5) is 22.7. The maximum Gasteiger partial charge on any atom is 0.332 e. The standard InChI is InChI=1S/C10H18N2O5S/c1-7(18(2)16)5-11-9(15)12-10(8(13)14)3-4-17-6-10/h7H,3-6H2,1-2H3,(H,13,14)(H2,11,12,15). The zero-order valence-electron chi connectivity index (χ0n) is 10.4. The van der Waals surface area contributed by atoms with Crippen molar-refractivity contribution >= 4 is 22.8 Å². The van der Waals surface area contributed by atoms with Crippen molar-refractivity contribution in [1.82, 2.24) is 10.6 Å². The van der Waals surface area contributed by atoms with Crippen molar-refractivity contribution in [2.45, 2.75) is 24.1 Å². The summed E-state index contributed by atoms with van der Waals surface area (Å²) >= 11 is 0. The van der Waals surface area contributed by atoms with Gasteiger partial charge in [-0.15, -0.1) is 0 Å². The van der Waals surface area contributed by atoms with Crippen LogP contribution in [0, 0.1) is 0 Å². The van der Waals surface area contributed by atoms with E-state index in [0.717, 1.165) is 0 Å². The fourth-order valence-electron chi connectivity index (χ4n) is 1.50. The van der Waals surface area contributed by atoms with Crippen LogP contribution in [0.5, 0.6) is 0 Å². The second kappa shape index (κ2) is 6.14. The third kappa shape index (κ3) is 3.67. The van der Waals surface area contributed by atoms with E-state index >= 15 is 0 Å². The molecule has 3 atom stereocenters. The van der Waals surface area contributed by atoms with Crippen LogP contribution in [0.4, 0.5) is 4.79 Å². The minimum absolute atomic E-state index is 0.0367. The molecule has 0 saturated carbocycles. The van der Waals surface area contributed by atoms with Crippen LogP contribution in [0.15, 0.2) is 0 Å². The number of amides is 2. The van der Waals surface area contributed by atoms with Crippen LogP contribution < -0.4 is 10.6 Å². The van der Waals surface area contributed by atoms with Crippen LogP contribution in [0.25, 0.3) is 0 Å². The number of carboxylic acids is 1. The van der Waals surface area contributed by atoms with Crippen molar-refractivity contribution in [1.29, 1.82) is 0 Å². The van der Waals surface area contributed by atoms with Gasteiger partial charge in [0.15, 0.2) is 5.54 Å². The highest BCUT2D eigenvalue weighted by molar-refractivity contribution is 7.84. The molecule has 3 unspecified atom stereocenters. The predicted octanol–water partition coefficient (Wildman–Crippen LogP) is -0.704. The molecule has 1 aliphatic rings. The summed E-state index contributed by atoms with van der Waals surface area (Å²) in [6.07, 6.45) is 1.79. The van der Waals surface area contributed by atoms with Crippen LogP contribution in [0.2, 0.25) is 0 Å². The molecule has 104 valence electrons. The number of nitrogens with one attached hydrogen (secondary N) is 2. The third-order valence-electron chi connectivity index (χ3n) is 2.90. The second-order valence-corrected chi connectivity index (χ2v) is 6.14. The SMILES string of the molecule is CC(CNC(=O)NC1(C(=O)O)CCOC1)S(C)=O. The van der Waals surface area contributed by atoms with Crippen molar-refractivity contribution in [3.05, 3.63) is 0 Å². The van der Waals surface area contributed by atoms with Gasteiger partial charge in [0, 0.05) is 41.9 Å². The topological polar surface area (TPSA) is 105 Å². The van der Waals surface area contributed by atoms with E-state index in [-0.39, 0.29) is 24.8 Å². The summed E-state index contributed by atoms with van der Waals surface area (Å²) in [5.74, 6) is -1.11. The summed E-state index contributed by atoms with van der Waals surface area (Å²) in [5, 5.41) is 13.8. The Morgan fingerprint density at radius 2 is 2.22 bits per heavy atom. The molecular weight excluding hydrogens is 260 g/mol. The van der Waals surface area contributed by atoms with Crippen molar-refractivity contribution in [2.75, 3.05) is 26.0 Å². The van der Waals surface area contributed by atoms with E-state index in [1.165, 1.54) is 0 Å². The van der Waals surface area contributed by atoms with Crippen LogP contribution in [0.1, 0.15) is 13.3 Å². The molecule has 18 heavy (non-hydrogen) atoms. The number of rotatable bonds is 5. The Labute approximate surface area is 108 Å². The number of carboxylic acid groups (broad SMARTS) is 1. The zero-order chi connectivity index (χ0) is 13.8. The Hall–Kier alpha value is -1.15. The van der Waals surface area contributed by atoms with Gasteiger partial charge in [-0.3, -0.25) is 4.21 Å². The molecule has 7 nitrogen and oxygen atoms in total. The van der Waals surface area contributed by atoms with E-state index in [0.29, 0.717) is 6.61 Å². The van der Waals surface area contributed by atoms with E-state index in [1.54, 1.807) is 13.2 Å². The Kier molecular flexibility index (Phi) is 5.09. The average Bonchev–Trinajstić information content (AvgIpc) is 2.75. The molecule has 0 radical (unpaired) electrons. The molecule has 0 bridgehead atoms. The van der Waals surface area contributed by atoms with E-state index in [4.69, 9.17) is 9.84 Å². The first-order valence-electron chi connectivity index (χ1n) is 5.57. The molecule has 0 spiro atoms. The predicted molar refractivity (Wildman–Crippen MR) is 65.9 cm³/mol. The van der Waals surface area contributed by atoms with Gasteiger partial charge in [-0.05, 0) is 6.92 Å². The van der Waals surface area contributed by atoms with E-state index in [2.05, 4.69) is 10.6 Å². The Morgan fingerprint density at radius 1 is 1.56 bits per heavy atom. The van der Waals surface area contributed by atoms with Gasteiger partial charge < -0.3 is 20.5 Å². The lowest BCUT2D eigenvalue weighted by Crippen LogP contribution is -2.58. The van der Waals surface area contributed by atoms with Crippen LogP contribution >= 0.6 is 0 Å². The first-order chi connectivity index (χ1) is 8.37. The zero-order valence-corrected chi connectivity index (χ0v) is 11.2. The molecule has 0 aromatic carbocycles. The molecule has 0 aliphatic carbocycles. The fourth-order valence-corrected chi connectivity index (χ4v) is 1.82. The highest BCUT2D eigenvalue weighted by Gasteiger charge is 2.43. The van der Waals surface area contributed by atoms with Gasteiger partial charge in [-0.2, -0.15) is 0 Å². The smallest absolute Gasteiger partial charge is 0.332 e. The Bertz CT molecular complexity index is 354. The lowest BCUT2D eigenvalue weighted by atomic mass is 9.99. The highest BCUT2D eigenvalue weighted by Crippen LogP contribution is 2.18.